The maximum Gasteiger partial charge on any atom is 0.258 e. The fourth-order valence-electron chi connectivity index (χ4n) is 4.85. The van der Waals surface area contributed by atoms with Crippen molar-refractivity contribution in [2.45, 2.75) is 32.4 Å². The second-order valence-corrected chi connectivity index (χ2v) is 9.22. The third-order valence-corrected chi connectivity index (χ3v) is 6.80. The molecule has 0 bridgehead atoms. The smallest absolute Gasteiger partial charge is 0.258 e. The Balaban J connectivity index is 1.30. The Bertz CT molecular complexity index is 1150. The number of hydrogen-bond acceptors (Lipinski definition) is 5. The Kier molecular flexibility index (Phi) is 6.91. The van der Waals surface area contributed by atoms with E-state index < -0.39 is 0 Å². The van der Waals surface area contributed by atoms with Crippen molar-refractivity contribution in [3.8, 4) is 17.2 Å². The number of rotatable bonds is 6. The Hall–Kier alpha value is -3.51. The minimum absolute atomic E-state index is 0.0421. The number of aryl methyl sites for hydroxylation is 1. The van der Waals surface area contributed by atoms with Gasteiger partial charge in [-0.3, -0.25) is 9.69 Å². The number of amides is 1. The lowest BCUT2D eigenvalue weighted by atomic mass is 9.99. The number of nitrogens with zero attached hydrogens (tertiary/aromatic N) is 2. The molecule has 0 spiro atoms. The van der Waals surface area contributed by atoms with E-state index >= 15 is 0 Å². The maximum absolute atomic E-state index is 13.7. The molecule has 1 saturated heterocycles. The van der Waals surface area contributed by atoms with Gasteiger partial charge in [-0.1, -0.05) is 23.8 Å². The van der Waals surface area contributed by atoms with Gasteiger partial charge >= 0.3 is 0 Å². The number of piperidine rings is 1. The van der Waals surface area contributed by atoms with E-state index in [0.29, 0.717) is 18.8 Å². The Morgan fingerprint density at radius 2 is 1.63 bits per heavy atom. The Labute approximate surface area is 207 Å². The van der Waals surface area contributed by atoms with Crippen molar-refractivity contribution >= 4 is 11.6 Å². The predicted octanol–water partition coefficient (Wildman–Crippen LogP) is 5.09. The molecule has 3 aromatic carbocycles. The van der Waals surface area contributed by atoms with Gasteiger partial charge in [0.1, 0.15) is 19.0 Å². The van der Waals surface area contributed by atoms with E-state index in [-0.39, 0.29) is 11.9 Å². The summed E-state index contributed by atoms with van der Waals surface area (Å²) in [7, 11) is 1.65. The van der Waals surface area contributed by atoms with Crippen molar-refractivity contribution in [1.82, 2.24) is 4.90 Å². The number of carbonyl (C=O) groups excluding carboxylic acids is 1. The third-order valence-electron chi connectivity index (χ3n) is 6.80. The summed E-state index contributed by atoms with van der Waals surface area (Å²) in [5, 5.41) is 0. The van der Waals surface area contributed by atoms with Crippen LogP contribution in [-0.4, -0.2) is 50.3 Å². The monoisotopic (exact) mass is 472 g/mol. The van der Waals surface area contributed by atoms with Crippen molar-refractivity contribution in [2.75, 3.05) is 38.3 Å². The number of ether oxygens (including phenoxy) is 3. The third kappa shape index (κ3) is 5.28. The van der Waals surface area contributed by atoms with Crippen LogP contribution in [0.3, 0.4) is 0 Å². The van der Waals surface area contributed by atoms with Gasteiger partial charge in [0.25, 0.3) is 5.91 Å². The van der Waals surface area contributed by atoms with Gasteiger partial charge in [-0.05, 0) is 73.9 Å². The summed E-state index contributed by atoms with van der Waals surface area (Å²) in [6.07, 6.45) is 1.82. The van der Waals surface area contributed by atoms with Crippen molar-refractivity contribution in [3.05, 3.63) is 83.4 Å². The SMILES string of the molecule is COc1ccc(N(C(=O)c2ccc(C)cc2)C2CCN(Cc3ccc4c(c3)OCCO4)CC2)cc1. The highest BCUT2D eigenvalue weighted by atomic mass is 16.6. The van der Waals surface area contributed by atoms with Gasteiger partial charge in [-0.2, -0.15) is 0 Å². The molecule has 1 fully saturated rings. The average Bonchev–Trinajstić information content (AvgIpc) is 2.90. The minimum atomic E-state index is 0.0421. The van der Waals surface area contributed by atoms with Crippen LogP contribution in [0, 0.1) is 6.92 Å². The highest BCUT2D eigenvalue weighted by molar-refractivity contribution is 6.06. The maximum atomic E-state index is 13.7. The van der Waals surface area contributed by atoms with E-state index in [1.807, 2.05) is 66.4 Å². The van der Waals surface area contributed by atoms with Gasteiger partial charge in [-0.25, -0.2) is 0 Å². The van der Waals surface area contributed by atoms with Crippen molar-refractivity contribution < 1.29 is 19.0 Å². The summed E-state index contributed by atoms with van der Waals surface area (Å²) in [4.78, 5) is 18.1. The molecule has 2 aliphatic rings. The van der Waals surface area contributed by atoms with Gasteiger partial charge in [-0.15, -0.1) is 0 Å². The zero-order valence-corrected chi connectivity index (χ0v) is 20.4. The van der Waals surface area contributed by atoms with E-state index in [1.54, 1.807) is 7.11 Å². The molecule has 2 heterocycles. The molecule has 0 aliphatic carbocycles. The molecule has 0 N–H and O–H groups in total. The van der Waals surface area contributed by atoms with Crippen LogP contribution in [0.15, 0.2) is 66.7 Å². The van der Waals surface area contributed by atoms with Gasteiger partial charge in [0.15, 0.2) is 11.5 Å². The second-order valence-electron chi connectivity index (χ2n) is 9.22. The number of benzene rings is 3. The van der Waals surface area contributed by atoms with Crippen molar-refractivity contribution in [2.24, 2.45) is 0 Å². The lowest BCUT2D eigenvalue weighted by molar-refractivity contribution is 0.0958. The van der Waals surface area contributed by atoms with Crippen LogP contribution < -0.4 is 19.1 Å². The lowest BCUT2D eigenvalue weighted by Gasteiger charge is -2.39. The minimum Gasteiger partial charge on any atom is -0.497 e. The summed E-state index contributed by atoms with van der Waals surface area (Å²) < 4.78 is 16.7. The summed E-state index contributed by atoms with van der Waals surface area (Å²) in [6, 6.07) is 22.0. The number of likely N-dealkylation sites (tertiary alicyclic amines) is 1. The van der Waals surface area contributed by atoms with Crippen LogP contribution in [0.2, 0.25) is 0 Å². The van der Waals surface area contributed by atoms with Gasteiger partial charge in [0, 0.05) is 36.9 Å². The molecule has 5 rings (SSSR count). The average molecular weight is 473 g/mol. The normalized spacial score (nSPS) is 16.1. The molecule has 35 heavy (non-hydrogen) atoms. The van der Waals surface area contributed by atoms with Crippen LogP contribution in [0.1, 0.15) is 34.3 Å². The molecular weight excluding hydrogens is 440 g/mol. The van der Waals surface area contributed by atoms with Crippen LogP contribution in [0.4, 0.5) is 5.69 Å². The first-order chi connectivity index (χ1) is 17.1. The van der Waals surface area contributed by atoms with E-state index in [4.69, 9.17) is 14.2 Å². The first-order valence-corrected chi connectivity index (χ1v) is 12.3. The molecule has 6 nitrogen and oxygen atoms in total. The van der Waals surface area contributed by atoms with E-state index in [2.05, 4.69) is 17.0 Å². The number of anilines is 1. The largest absolute Gasteiger partial charge is 0.497 e. The summed E-state index contributed by atoms with van der Waals surface area (Å²) >= 11 is 0. The lowest BCUT2D eigenvalue weighted by Crippen LogP contribution is -2.47. The summed E-state index contributed by atoms with van der Waals surface area (Å²) in [5.41, 5.74) is 3.98. The summed E-state index contributed by atoms with van der Waals surface area (Å²) in [5.74, 6) is 2.48. The van der Waals surface area contributed by atoms with Gasteiger partial charge < -0.3 is 19.1 Å². The van der Waals surface area contributed by atoms with Crippen molar-refractivity contribution in [1.29, 1.82) is 0 Å². The molecule has 182 valence electrons. The number of hydrogen-bond donors (Lipinski definition) is 0. The fourth-order valence-corrected chi connectivity index (χ4v) is 4.85. The van der Waals surface area contributed by atoms with Gasteiger partial charge in [0.05, 0.1) is 7.11 Å². The molecular formula is C29H32N2O4. The molecule has 3 aromatic rings. The first kappa shape index (κ1) is 23.2. The quantitative estimate of drug-likeness (QED) is 0.500. The van der Waals surface area contributed by atoms with Crippen molar-refractivity contribution in [3.63, 3.8) is 0 Å². The zero-order valence-electron chi connectivity index (χ0n) is 20.4. The van der Waals surface area contributed by atoms with E-state index in [0.717, 1.165) is 61.0 Å². The molecule has 1 amide bonds. The van der Waals surface area contributed by atoms with Crippen LogP contribution in [0.25, 0.3) is 0 Å². The molecule has 0 atom stereocenters. The second kappa shape index (κ2) is 10.4. The number of carbonyl (C=O) groups is 1. The van der Waals surface area contributed by atoms with Crippen LogP contribution in [0.5, 0.6) is 17.2 Å². The van der Waals surface area contributed by atoms with Gasteiger partial charge in [0.2, 0.25) is 0 Å². The fraction of sp³-hybridized carbons (Fsp3) is 0.345. The highest BCUT2D eigenvalue weighted by Gasteiger charge is 2.30. The Morgan fingerprint density at radius 1 is 0.943 bits per heavy atom. The van der Waals surface area contributed by atoms with Crippen LogP contribution >= 0.6 is 0 Å². The molecule has 0 aromatic heterocycles. The molecule has 0 unspecified atom stereocenters. The molecule has 0 saturated carbocycles. The molecule has 0 radical (unpaired) electrons. The standard InChI is InChI=1S/C29H32N2O4/c1-21-3-6-23(7-4-21)29(32)31(24-8-10-26(33-2)11-9-24)25-13-15-30(16-14-25)20-22-5-12-27-28(19-22)35-18-17-34-27/h3-12,19,25H,13-18,20H2,1-2H3. The van der Waals surface area contributed by atoms with E-state index in [1.165, 1.54) is 5.56 Å². The summed E-state index contributed by atoms with van der Waals surface area (Å²) in [6.45, 7) is 5.94. The highest BCUT2D eigenvalue weighted by Crippen LogP contribution is 2.32. The van der Waals surface area contributed by atoms with E-state index in [9.17, 15) is 4.79 Å². The molecule has 2 aliphatic heterocycles. The zero-order chi connectivity index (χ0) is 24.2. The number of fused-ring (bicyclic) bond motifs is 1. The topological polar surface area (TPSA) is 51.2 Å². The molecule has 6 heteroatoms. The van der Waals surface area contributed by atoms with Crippen LogP contribution in [-0.2, 0) is 6.54 Å². The first-order valence-electron chi connectivity index (χ1n) is 12.3. The number of methoxy groups -OCH3 is 1. The predicted molar refractivity (Wildman–Crippen MR) is 137 cm³/mol. The Morgan fingerprint density at radius 3 is 2.31 bits per heavy atom.